The molecule has 6 atom stereocenters. The fourth-order valence-corrected chi connectivity index (χ4v) is 6.57. The van der Waals surface area contributed by atoms with Gasteiger partial charge in [-0.2, -0.15) is 8.42 Å². The van der Waals surface area contributed by atoms with Crippen molar-refractivity contribution in [3.05, 3.63) is 109 Å². The SMILES string of the molecule is CC/C=C/C/C=C/C/C=C/C/C=C/C/C=C/CCCC(=O)O[C@H](COC(=O)CCC/C=C/C/C=C/C/C=C/C/C=C/CCCCC)CO[C@H]1O[C@H](CS(=O)(=O)O)[C@@H](O)C(O)C1O. The van der Waals surface area contributed by atoms with E-state index < -0.39 is 71.2 Å². The summed E-state index contributed by atoms with van der Waals surface area (Å²) in [7, 11) is -4.62. The van der Waals surface area contributed by atoms with E-state index in [9.17, 15) is 37.9 Å². The van der Waals surface area contributed by atoms with Gasteiger partial charge in [-0.15, -0.1) is 0 Å². The first-order chi connectivity index (χ1) is 30.0. The van der Waals surface area contributed by atoms with E-state index in [0.717, 1.165) is 57.8 Å². The summed E-state index contributed by atoms with van der Waals surface area (Å²) in [5.74, 6) is -2.15. The van der Waals surface area contributed by atoms with Crippen LogP contribution >= 0.6 is 0 Å². The highest BCUT2D eigenvalue weighted by molar-refractivity contribution is 7.85. The van der Waals surface area contributed by atoms with E-state index in [-0.39, 0.29) is 19.4 Å². The number of ether oxygens (including phenoxy) is 4. The number of aliphatic hydroxyl groups excluding tert-OH is 3. The Balaban J connectivity index is 2.55. The van der Waals surface area contributed by atoms with Crippen LogP contribution in [0, 0.1) is 0 Å². The molecular weight excluding hydrogens is 813 g/mol. The number of rotatable bonds is 35. The average molecular weight is 889 g/mol. The summed E-state index contributed by atoms with van der Waals surface area (Å²) in [6.45, 7) is 3.50. The molecule has 1 aliphatic rings. The monoisotopic (exact) mass is 889 g/mol. The Bertz CT molecular complexity index is 1560. The molecule has 2 unspecified atom stereocenters. The van der Waals surface area contributed by atoms with Gasteiger partial charge in [-0.3, -0.25) is 14.1 Å². The molecule has 0 amide bonds. The van der Waals surface area contributed by atoms with Gasteiger partial charge in [0.15, 0.2) is 12.4 Å². The van der Waals surface area contributed by atoms with Crippen molar-refractivity contribution in [1.29, 1.82) is 0 Å². The third-order valence-corrected chi connectivity index (χ3v) is 10.1. The molecule has 13 heteroatoms. The van der Waals surface area contributed by atoms with Crippen molar-refractivity contribution in [3.63, 3.8) is 0 Å². The summed E-state index contributed by atoms with van der Waals surface area (Å²) in [6, 6.07) is 0. The molecule has 62 heavy (non-hydrogen) atoms. The minimum absolute atomic E-state index is 0.0672. The van der Waals surface area contributed by atoms with Crippen LogP contribution in [-0.4, -0.2) is 96.0 Å². The Morgan fingerprint density at radius 3 is 1.45 bits per heavy atom. The van der Waals surface area contributed by atoms with E-state index in [1.54, 1.807) is 0 Å². The van der Waals surface area contributed by atoms with Gasteiger partial charge in [0.2, 0.25) is 0 Å². The molecule has 0 aromatic carbocycles. The average Bonchev–Trinajstić information content (AvgIpc) is 3.24. The van der Waals surface area contributed by atoms with Gasteiger partial charge >= 0.3 is 11.9 Å². The molecule has 0 saturated carbocycles. The van der Waals surface area contributed by atoms with Crippen LogP contribution in [0.2, 0.25) is 0 Å². The Labute approximate surface area is 372 Å². The standard InChI is InChI=1S/C49H76O12S/c1-3-5-7-9-11-13-15-17-19-21-23-25-27-29-31-33-35-37-44(50)58-39-42(40-59-49-48(54)47(53)46(52)43(61-49)41-62(55,56)57)60-45(51)38-36-34-32-30-28-26-24-22-20-18-16-14-12-10-8-6-4-2/h6,8,11-14,17-20,23-26,29-32,42-43,46-49,52-54H,3-5,7,9-10,15-16,21-22,27-28,33-41H2,1-2H3,(H,55,56,57)/b8-6+,13-11+,14-12+,19-17+,20-18+,25-23+,26-24+,31-29+,32-30+/t42-,43-,46-,47?,48?,49+/m1/s1. The quantitative estimate of drug-likeness (QED) is 0.0205. The summed E-state index contributed by atoms with van der Waals surface area (Å²) in [4.78, 5) is 25.4. The summed E-state index contributed by atoms with van der Waals surface area (Å²) in [6.07, 6.45) is 42.9. The third kappa shape index (κ3) is 32.1. The number of allylic oxidation sites excluding steroid dienone is 18. The Kier molecular flexibility index (Phi) is 34.4. The smallest absolute Gasteiger partial charge is 0.306 e. The van der Waals surface area contributed by atoms with E-state index in [1.807, 2.05) is 24.3 Å². The van der Waals surface area contributed by atoms with Crippen LogP contribution in [-0.2, 0) is 38.7 Å². The molecule has 4 N–H and O–H groups in total. The van der Waals surface area contributed by atoms with Gasteiger partial charge in [0.05, 0.1) is 6.61 Å². The summed E-state index contributed by atoms with van der Waals surface area (Å²) in [5, 5.41) is 30.9. The molecule has 0 aromatic heterocycles. The van der Waals surface area contributed by atoms with Crippen LogP contribution in [0.1, 0.15) is 129 Å². The first-order valence-corrected chi connectivity index (χ1v) is 24.1. The van der Waals surface area contributed by atoms with Crippen molar-refractivity contribution >= 4 is 22.1 Å². The first kappa shape index (κ1) is 56.3. The molecule has 12 nitrogen and oxygen atoms in total. The number of hydrogen-bond donors (Lipinski definition) is 4. The second-order valence-electron chi connectivity index (χ2n) is 15.0. The van der Waals surface area contributed by atoms with Gasteiger partial charge in [0, 0.05) is 12.8 Å². The lowest BCUT2D eigenvalue weighted by atomic mass is 10.00. The number of hydrogen-bond acceptors (Lipinski definition) is 11. The van der Waals surface area contributed by atoms with Crippen molar-refractivity contribution in [2.75, 3.05) is 19.0 Å². The Hall–Kier alpha value is -3.69. The molecular formula is C49H76O12S. The number of aliphatic hydroxyl groups is 3. The van der Waals surface area contributed by atoms with Crippen LogP contribution < -0.4 is 0 Å². The maximum Gasteiger partial charge on any atom is 0.306 e. The molecule has 1 fully saturated rings. The van der Waals surface area contributed by atoms with Gasteiger partial charge in [-0.1, -0.05) is 136 Å². The zero-order valence-corrected chi connectivity index (χ0v) is 38.0. The van der Waals surface area contributed by atoms with E-state index in [1.165, 1.54) is 19.3 Å². The molecule has 350 valence electrons. The minimum atomic E-state index is -4.62. The molecule has 0 radical (unpaired) electrons. The molecule has 0 bridgehead atoms. The number of carbonyl (C=O) groups excluding carboxylic acids is 2. The van der Waals surface area contributed by atoms with Gasteiger partial charge in [0.1, 0.15) is 36.8 Å². The Morgan fingerprint density at radius 1 is 0.565 bits per heavy atom. The van der Waals surface area contributed by atoms with E-state index in [0.29, 0.717) is 25.7 Å². The summed E-state index contributed by atoms with van der Waals surface area (Å²) in [5.41, 5.74) is 0. The minimum Gasteiger partial charge on any atom is -0.462 e. The highest BCUT2D eigenvalue weighted by Gasteiger charge is 2.46. The lowest BCUT2D eigenvalue weighted by molar-refractivity contribution is -0.297. The highest BCUT2D eigenvalue weighted by Crippen LogP contribution is 2.23. The number of carbonyl (C=O) groups is 2. The van der Waals surface area contributed by atoms with Gasteiger partial charge in [-0.25, -0.2) is 0 Å². The van der Waals surface area contributed by atoms with Gasteiger partial charge < -0.3 is 34.3 Å². The lowest BCUT2D eigenvalue weighted by Gasteiger charge is -2.40. The fourth-order valence-electron chi connectivity index (χ4n) is 5.88. The van der Waals surface area contributed by atoms with Crippen molar-refractivity contribution in [2.45, 2.75) is 166 Å². The first-order valence-electron chi connectivity index (χ1n) is 22.4. The summed E-state index contributed by atoms with van der Waals surface area (Å²) >= 11 is 0. The number of esters is 2. The topological polar surface area (TPSA) is 186 Å². The Morgan fingerprint density at radius 2 is 1.00 bits per heavy atom. The third-order valence-electron chi connectivity index (χ3n) is 9.34. The van der Waals surface area contributed by atoms with Crippen molar-refractivity contribution in [2.24, 2.45) is 0 Å². The largest absolute Gasteiger partial charge is 0.462 e. The van der Waals surface area contributed by atoms with Crippen LogP contribution in [0.4, 0.5) is 0 Å². The number of unbranched alkanes of at least 4 members (excludes halogenated alkanes) is 5. The van der Waals surface area contributed by atoms with E-state index in [2.05, 4.69) is 98.9 Å². The summed E-state index contributed by atoms with van der Waals surface area (Å²) < 4.78 is 53.9. The second-order valence-corrected chi connectivity index (χ2v) is 16.5. The molecule has 1 rings (SSSR count). The van der Waals surface area contributed by atoms with Crippen molar-refractivity contribution in [1.82, 2.24) is 0 Å². The molecule has 0 aromatic rings. The van der Waals surface area contributed by atoms with Gasteiger partial charge in [0.25, 0.3) is 10.1 Å². The second kappa shape index (κ2) is 37.8. The fraction of sp³-hybridized carbons (Fsp3) is 0.592. The lowest BCUT2D eigenvalue weighted by Crippen LogP contribution is -2.60. The van der Waals surface area contributed by atoms with Crippen LogP contribution in [0.3, 0.4) is 0 Å². The predicted octanol–water partition coefficient (Wildman–Crippen LogP) is 9.22. The van der Waals surface area contributed by atoms with Crippen molar-refractivity contribution in [3.8, 4) is 0 Å². The normalized spacial score (nSPS) is 20.9. The maximum atomic E-state index is 12.8. The molecule has 1 heterocycles. The molecule has 1 saturated heterocycles. The van der Waals surface area contributed by atoms with Crippen LogP contribution in [0.5, 0.6) is 0 Å². The van der Waals surface area contributed by atoms with Crippen LogP contribution in [0.15, 0.2) is 109 Å². The van der Waals surface area contributed by atoms with Crippen molar-refractivity contribution < 1.29 is 56.8 Å². The molecule has 1 aliphatic heterocycles. The van der Waals surface area contributed by atoms with Crippen LogP contribution in [0.25, 0.3) is 0 Å². The van der Waals surface area contributed by atoms with Gasteiger partial charge in [-0.05, 0) is 89.9 Å². The molecule has 0 spiro atoms. The zero-order valence-electron chi connectivity index (χ0n) is 37.2. The molecule has 0 aliphatic carbocycles. The van der Waals surface area contributed by atoms with E-state index in [4.69, 9.17) is 18.9 Å². The highest BCUT2D eigenvalue weighted by atomic mass is 32.2. The predicted molar refractivity (Wildman–Crippen MR) is 247 cm³/mol. The maximum absolute atomic E-state index is 12.8. The van der Waals surface area contributed by atoms with E-state index >= 15 is 0 Å². The zero-order chi connectivity index (χ0) is 45.5.